The molecule has 11 heteroatoms. The molecular weight excluding hydrogens is 489 g/mol. The number of rotatable bonds is 6. The smallest absolute Gasteiger partial charge is 0.304 e. The van der Waals surface area contributed by atoms with E-state index in [-0.39, 0.29) is 22.9 Å². The predicted octanol–water partition coefficient (Wildman–Crippen LogP) is 5.84. The molecule has 1 N–H and O–H groups in total. The summed E-state index contributed by atoms with van der Waals surface area (Å²) in [6.45, 7) is 4.48. The molecule has 184 valence electrons. The van der Waals surface area contributed by atoms with E-state index in [0.29, 0.717) is 15.9 Å². The third-order valence-electron chi connectivity index (χ3n) is 5.56. The molecule has 1 aromatic carbocycles. The molecular formula is C25H21F3N6OS. The topological polar surface area (TPSA) is 77.1 Å². The Morgan fingerprint density at radius 2 is 1.83 bits per heavy atom. The number of thiophene rings is 1. The van der Waals surface area contributed by atoms with Gasteiger partial charge < -0.3 is 5.32 Å². The number of benzene rings is 1. The molecule has 0 bridgehead atoms. The van der Waals surface area contributed by atoms with E-state index in [1.807, 2.05) is 44.2 Å². The summed E-state index contributed by atoms with van der Waals surface area (Å²) in [6, 6.07) is 15.4. The number of carbonyl (C=O) groups excluding carboxylic acids is 1. The van der Waals surface area contributed by atoms with Crippen LogP contribution in [0.5, 0.6) is 0 Å². The van der Waals surface area contributed by atoms with Crippen LogP contribution in [0.1, 0.15) is 39.1 Å². The third kappa shape index (κ3) is 4.87. The summed E-state index contributed by atoms with van der Waals surface area (Å²) in [5, 5.41) is 10.8. The second-order valence-corrected chi connectivity index (χ2v) is 9.45. The van der Waals surface area contributed by atoms with Crippen molar-refractivity contribution in [2.75, 3.05) is 5.32 Å². The average molecular weight is 511 g/mol. The van der Waals surface area contributed by atoms with Crippen molar-refractivity contribution in [1.82, 2.24) is 24.4 Å². The highest BCUT2D eigenvalue weighted by molar-refractivity contribution is 7.15. The van der Waals surface area contributed by atoms with Crippen LogP contribution in [0.2, 0.25) is 0 Å². The van der Waals surface area contributed by atoms with Crippen molar-refractivity contribution >= 4 is 28.7 Å². The maximum atomic E-state index is 13.8. The van der Waals surface area contributed by atoms with Gasteiger partial charge >= 0.3 is 6.18 Å². The van der Waals surface area contributed by atoms with E-state index in [1.165, 1.54) is 17.4 Å². The summed E-state index contributed by atoms with van der Waals surface area (Å²) < 4.78 is 43.9. The zero-order valence-corrected chi connectivity index (χ0v) is 20.2. The SMILES string of the molecule is CCc1ccc(-c2cc(C(F)(F)F)n3nc(C(=O)Nc4ccn(Cc5ccc(C)cc5)n4)cc3n2)s1. The molecule has 0 radical (unpaired) electrons. The molecule has 0 saturated heterocycles. The monoisotopic (exact) mass is 510 g/mol. The number of fused-ring (bicyclic) bond motifs is 1. The Labute approximate surface area is 208 Å². The first-order valence-corrected chi connectivity index (χ1v) is 12.0. The summed E-state index contributed by atoms with van der Waals surface area (Å²) >= 11 is 1.38. The number of amides is 1. The summed E-state index contributed by atoms with van der Waals surface area (Å²) in [5.74, 6) is -0.417. The van der Waals surface area contributed by atoms with Gasteiger partial charge in [-0.15, -0.1) is 11.3 Å². The Morgan fingerprint density at radius 1 is 1.06 bits per heavy atom. The molecule has 0 aliphatic carbocycles. The number of anilines is 1. The van der Waals surface area contributed by atoms with Crippen molar-refractivity contribution in [2.24, 2.45) is 0 Å². The number of aryl methyl sites for hydroxylation is 2. The van der Waals surface area contributed by atoms with Gasteiger partial charge in [-0.25, -0.2) is 9.50 Å². The summed E-state index contributed by atoms with van der Waals surface area (Å²) in [5.41, 5.74) is 1.10. The van der Waals surface area contributed by atoms with E-state index >= 15 is 0 Å². The fraction of sp³-hybridized carbons (Fsp3) is 0.200. The highest BCUT2D eigenvalue weighted by atomic mass is 32.1. The number of carbonyl (C=O) groups is 1. The number of nitrogens with one attached hydrogen (secondary N) is 1. The Bertz CT molecular complexity index is 1550. The quantitative estimate of drug-likeness (QED) is 0.311. The highest BCUT2D eigenvalue weighted by Crippen LogP contribution is 2.34. The molecule has 0 aliphatic heterocycles. The number of nitrogens with zero attached hydrogens (tertiary/aromatic N) is 5. The first-order valence-electron chi connectivity index (χ1n) is 11.2. The van der Waals surface area contributed by atoms with Crippen LogP contribution in [0.3, 0.4) is 0 Å². The molecule has 0 saturated carbocycles. The van der Waals surface area contributed by atoms with E-state index < -0.39 is 17.8 Å². The van der Waals surface area contributed by atoms with Gasteiger partial charge in [0.05, 0.1) is 17.1 Å². The van der Waals surface area contributed by atoms with Gasteiger partial charge in [-0.3, -0.25) is 9.48 Å². The number of aromatic nitrogens is 5. The first kappa shape index (κ1) is 23.7. The lowest BCUT2D eigenvalue weighted by atomic mass is 10.1. The van der Waals surface area contributed by atoms with Crippen molar-refractivity contribution in [3.63, 3.8) is 0 Å². The second-order valence-electron chi connectivity index (χ2n) is 8.28. The summed E-state index contributed by atoms with van der Waals surface area (Å²) in [6.07, 6.45) is -2.20. The van der Waals surface area contributed by atoms with Crippen molar-refractivity contribution in [1.29, 1.82) is 0 Å². The fourth-order valence-electron chi connectivity index (χ4n) is 3.70. The second kappa shape index (κ2) is 9.23. The predicted molar refractivity (Wildman–Crippen MR) is 131 cm³/mol. The van der Waals surface area contributed by atoms with Crippen LogP contribution in [0.15, 0.2) is 60.8 Å². The Hall–Kier alpha value is -3.99. The van der Waals surface area contributed by atoms with Crippen molar-refractivity contribution in [2.45, 2.75) is 33.0 Å². The number of hydrogen-bond acceptors (Lipinski definition) is 5. The standard InChI is InChI=1S/C25H21F3N6OS/c1-3-17-8-9-20(36-17)18-12-21(25(26,27)28)34-23(29-18)13-19(31-34)24(35)30-22-10-11-33(32-22)14-16-6-4-15(2)5-7-16/h4-13H,3,14H2,1-2H3,(H,30,32,35). The average Bonchev–Trinajstić information content (AvgIpc) is 3.58. The minimum atomic E-state index is -4.69. The number of halogens is 3. The van der Waals surface area contributed by atoms with Gasteiger partial charge in [0, 0.05) is 23.2 Å². The van der Waals surface area contributed by atoms with Crippen LogP contribution in [0.4, 0.5) is 19.0 Å². The molecule has 5 aromatic rings. The Balaban J connectivity index is 1.41. The van der Waals surface area contributed by atoms with Crippen molar-refractivity contribution < 1.29 is 18.0 Å². The van der Waals surface area contributed by atoms with Crippen LogP contribution in [0.25, 0.3) is 16.2 Å². The van der Waals surface area contributed by atoms with Gasteiger partial charge in [0.1, 0.15) is 0 Å². The maximum Gasteiger partial charge on any atom is 0.433 e. The van der Waals surface area contributed by atoms with Crippen LogP contribution >= 0.6 is 11.3 Å². The lowest BCUT2D eigenvalue weighted by Crippen LogP contribution is -2.16. The summed E-state index contributed by atoms with van der Waals surface area (Å²) in [7, 11) is 0. The van der Waals surface area contributed by atoms with Gasteiger partial charge in [-0.1, -0.05) is 36.8 Å². The minimum Gasteiger partial charge on any atom is -0.304 e. The zero-order chi connectivity index (χ0) is 25.4. The normalized spacial score (nSPS) is 11.8. The zero-order valence-electron chi connectivity index (χ0n) is 19.4. The number of hydrogen-bond donors (Lipinski definition) is 1. The Morgan fingerprint density at radius 3 is 2.53 bits per heavy atom. The lowest BCUT2D eigenvalue weighted by molar-refractivity contribution is -0.142. The molecule has 7 nitrogen and oxygen atoms in total. The van der Waals surface area contributed by atoms with E-state index in [1.54, 1.807) is 23.0 Å². The van der Waals surface area contributed by atoms with Gasteiger partial charge in [0.25, 0.3) is 5.91 Å². The van der Waals surface area contributed by atoms with Crippen LogP contribution in [-0.4, -0.2) is 30.3 Å². The van der Waals surface area contributed by atoms with E-state index in [4.69, 9.17) is 0 Å². The molecule has 0 aliphatic rings. The Kier molecular flexibility index (Phi) is 6.09. The van der Waals surface area contributed by atoms with Gasteiger partial charge in [-0.2, -0.15) is 23.4 Å². The van der Waals surface area contributed by atoms with E-state index in [9.17, 15) is 18.0 Å². The van der Waals surface area contributed by atoms with Crippen LogP contribution in [-0.2, 0) is 19.1 Å². The molecule has 4 heterocycles. The van der Waals surface area contributed by atoms with Crippen LogP contribution in [0, 0.1) is 6.92 Å². The molecule has 0 atom stereocenters. The van der Waals surface area contributed by atoms with Gasteiger partial charge in [0.15, 0.2) is 22.9 Å². The van der Waals surface area contributed by atoms with Gasteiger partial charge in [0.2, 0.25) is 0 Å². The largest absolute Gasteiger partial charge is 0.433 e. The number of alkyl halides is 3. The van der Waals surface area contributed by atoms with Crippen molar-refractivity contribution in [3.8, 4) is 10.6 Å². The maximum absolute atomic E-state index is 13.8. The fourth-order valence-corrected chi connectivity index (χ4v) is 4.60. The molecule has 36 heavy (non-hydrogen) atoms. The van der Waals surface area contributed by atoms with Gasteiger partial charge in [-0.05, 0) is 37.1 Å². The molecule has 0 spiro atoms. The highest BCUT2D eigenvalue weighted by Gasteiger charge is 2.36. The lowest BCUT2D eigenvalue weighted by Gasteiger charge is -2.10. The summed E-state index contributed by atoms with van der Waals surface area (Å²) in [4.78, 5) is 18.8. The van der Waals surface area contributed by atoms with Crippen LogP contribution < -0.4 is 5.32 Å². The minimum absolute atomic E-state index is 0.0682. The molecule has 0 unspecified atom stereocenters. The molecule has 5 rings (SSSR count). The molecule has 1 amide bonds. The van der Waals surface area contributed by atoms with E-state index in [0.717, 1.165) is 28.5 Å². The molecule has 4 aromatic heterocycles. The van der Waals surface area contributed by atoms with E-state index in [2.05, 4.69) is 20.5 Å². The van der Waals surface area contributed by atoms with Crippen molar-refractivity contribution in [3.05, 3.63) is 88.2 Å². The third-order valence-corrected chi connectivity index (χ3v) is 6.81. The first-order chi connectivity index (χ1) is 17.2. The molecule has 0 fully saturated rings.